The van der Waals surface area contributed by atoms with Crippen LogP contribution in [0.5, 0.6) is 0 Å². The number of benzene rings is 1. The van der Waals surface area contributed by atoms with Crippen LogP contribution >= 0.6 is 22.3 Å². The predicted octanol–water partition coefficient (Wildman–Crippen LogP) is 2.68. The lowest BCUT2D eigenvalue weighted by Crippen LogP contribution is -2.31. The number of ether oxygens (including phenoxy) is 1. The quantitative estimate of drug-likeness (QED) is 0.582. The molecule has 0 aliphatic heterocycles. The molecular formula is C13H17Cl2NO4S. The summed E-state index contributed by atoms with van der Waals surface area (Å²) >= 11 is 5.89. The molecule has 21 heavy (non-hydrogen) atoms. The number of hydrogen-bond donors (Lipinski definition) is 0. The van der Waals surface area contributed by atoms with E-state index in [9.17, 15) is 13.2 Å². The van der Waals surface area contributed by atoms with E-state index in [0.29, 0.717) is 19.8 Å². The molecule has 0 aliphatic rings. The first-order valence-corrected chi connectivity index (χ1v) is 8.95. The van der Waals surface area contributed by atoms with Crippen LogP contribution in [0.3, 0.4) is 0 Å². The minimum atomic E-state index is -3.97. The Kier molecular flexibility index (Phi) is 6.46. The van der Waals surface area contributed by atoms with Crippen LogP contribution in [0.2, 0.25) is 5.02 Å². The Morgan fingerprint density at radius 2 is 2.00 bits per heavy atom. The molecule has 1 aromatic carbocycles. The summed E-state index contributed by atoms with van der Waals surface area (Å²) in [5.41, 5.74) is 0.489. The summed E-state index contributed by atoms with van der Waals surface area (Å²) in [5, 5.41) is 0.140. The summed E-state index contributed by atoms with van der Waals surface area (Å²) < 4.78 is 28.2. The molecule has 118 valence electrons. The zero-order chi connectivity index (χ0) is 16.2. The zero-order valence-electron chi connectivity index (χ0n) is 12.0. The van der Waals surface area contributed by atoms with Crippen LogP contribution in [0.25, 0.3) is 0 Å². The van der Waals surface area contributed by atoms with Crippen LogP contribution in [0.15, 0.2) is 17.0 Å². The number of rotatable bonds is 6. The summed E-state index contributed by atoms with van der Waals surface area (Å²) in [6.45, 7) is 4.74. The highest BCUT2D eigenvalue weighted by molar-refractivity contribution is 8.13. The van der Waals surface area contributed by atoms with Crippen molar-refractivity contribution in [2.45, 2.75) is 18.7 Å². The van der Waals surface area contributed by atoms with E-state index in [-0.39, 0.29) is 27.0 Å². The van der Waals surface area contributed by atoms with Crippen LogP contribution in [0, 0.1) is 6.92 Å². The first-order valence-electron chi connectivity index (χ1n) is 6.26. The van der Waals surface area contributed by atoms with Crippen LogP contribution in [-0.2, 0) is 13.8 Å². The van der Waals surface area contributed by atoms with Gasteiger partial charge in [0.1, 0.15) is 0 Å². The molecule has 0 fully saturated rings. The maximum atomic E-state index is 12.4. The molecule has 0 radical (unpaired) electrons. The number of carbonyl (C=O) groups is 1. The topological polar surface area (TPSA) is 63.7 Å². The number of nitrogens with zero attached hydrogens (tertiary/aromatic N) is 1. The van der Waals surface area contributed by atoms with Crippen molar-refractivity contribution in [2.75, 3.05) is 26.8 Å². The molecule has 0 saturated heterocycles. The lowest BCUT2D eigenvalue weighted by molar-refractivity contribution is 0.0709. The maximum Gasteiger partial charge on any atom is 0.261 e. The van der Waals surface area contributed by atoms with Gasteiger partial charge in [-0.15, -0.1) is 0 Å². The van der Waals surface area contributed by atoms with Gasteiger partial charge in [-0.25, -0.2) is 8.42 Å². The number of carbonyl (C=O) groups excluding carboxylic acids is 1. The maximum absolute atomic E-state index is 12.4. The molecule has 0 aliphatic carbocycles. The fourth-order valence-electron chi connectivity index (χ4n) is 1.78. The fourth-order valence-corrected chi connectivity index (χ4v) is 3.29. The van der Waals surface area contributed by atoms with Crippen LogP contribution < -0.4 is 0 Å². The summed E-state index contributed by atoms with van der Waals surface area (Å²) in [4.78, 5) is 13.7. The van der Waals surface area contributed by atoms with Gasteiger partial charge in [-0.1, -0.05) is 11.6 Å². The van der Waals surface area contributed by atoms with Gasteiger partial charge >= 0.3 is 0 Å². The second-order valence-electron chi connectivity index (χ2n) is 4.44. The van der Waals surface area contributed by atoms with E-state index in [1.54, 1.807) is 7.05 Å². The molecule has 8 heteroatoms. The van der Waals surface area contributed by atoms with E-state index in [0.717, 1.165) is 0 Å². The average molecular weight is 354 g/mol. The van der Waals surface area contributed by atoms with Crippen LogP contribution in [0.1, 0.15) is 22.8 Å². The fraction of sp³-hybridized carbons (Fsp3) is 0.462. The predicted molar refractivity (Wildman–Crippen MR) is 82.7 cm³/mol. The van der Waals surface area contributed by atoms with Gasteiger partial charge in [0, 0.05) is 41.5 Å². The Labute approximate surface area is 134 Å². The minimum absolute atomic E-state index is 0.140. The van der Waals surface area contributed by atoms with Gasteiger partial charge in [-0.3, -0.25) is 4.79 Å². The summed E-state index contributed by atoms with van der Waals surface area (Å²) in [5.74, 6) is -0.337. The third-order valence-corrected chi connectivity index (χ3v) is 4.61. The standard InChI is InChI=1S/C13H17Cl2NO4S/c1-4-20-6-5-16(3)13(17)11-7-10(14)8-12(9(11)2)21(15,18)19/h7-8H,4-6H2,1-3H3. The van der Waals surface area contributed by atoms with E-state index in [1.165, 1.54) is 24.0 Å². The SMILES string of the molecule is CCOCCN(C)C(=O)c1cc(Cl)cc(S(=O)(=O)Cl)c1C. The second kappa shape index (κ2) is 7.45. The highest BCUT2D eigenvalue weighted by Crippen LogP contribution is 2.27. The molecule has 0 saturated carbocycles. The molecule has 1 rings (SSSR count). The van der Waals surface area contributed by atoms with Crippen molar-refractivity contribution in [3.63, 3.8) is 0 Å². The van der Waals surface area contributed by atoms with Gasteiger partial charge < -0.3 is 9.64 Å². The molecule has 0 unspecified atom stereocenters. The van der Waals surface area contributed by atoms with Crippen molar-refractivity contribution in [1.29, 1.82) is 0 Å². The van der Waals surface area contributed by atoms with Crippen molar-refractivity contribution in [1.82, 2.24) is 4.90 Å². The van der Waals surface area contributed by atoms with Gasteiger partial charge in [-0.05, 0) is 31.5 Å². The highest BCUT2D eigenvalue weighted by atomic mass is 35.7. The van der Waals surface area contributed by atoms with E-state index in [4.69, 9.17) is 27.0 Å². The Morgan fingerprint density at radius 3 is 2.52 bits per heavy atom. The van der Waals surface area contributed by atoms with Crippen molar-refractivity contribution in [3.8, 4) is 0 Å². The van der Waals surface area contributed by atoms with Gasteiger partial charge in [0.05, 0.1) is 11.5 Å². The minimum Gasteiger partial charge on any atom is -0.380 e. The lowest BCUT2D eigenvalue weighted by Gasteiger charge is -2.19. The molecule has 1 amide bonds. The van der Waals surface area contributed by atoms with E-state index < -0.39 is 9.05 Å². The first kappa shape index (κ1) is 18.2. The Hall–Kier alpha value is -0.820. The van der Waals surface area contributed by atoms with E-state index in [2.05, 4.69) is 0 Å². The molecule has 0 spiro atoms. The zero-order valence-corrected chi connectivity index (χ0v) is 14.3. The molecule has 0 aromatic heterocycles. The summed E-state index contributed by atoms with van der Waals surface area (Å²) in [7, 11) is 3.00. The normalized spacial score (nSPS) is 11.5. The van der Waals surface area contributed by atoms with Crippen molar-refractivity contribution in [2.24, 2.45) is 0 Å². The number of hydrogen-bond acceptors (Lipinski definition) is 4. The molecule has 0 N–H and O–H groups in total. The van der Waals surface area contributed by atoms with Crippen molar-refractivity contribution in [3.05, 3.63) is 28.3 Å². The second-order valence-corrected chi connectivity index (χ2v) is 7.41. The number of amides is 1. The monoisotopic (exact) mass is 353 g/mol. The van der Waals surface area contributed by atoms with E-state index >= 15 is 0 Å². The van der Waals surface area contributed by atoms with Crippen LogP contribution in [-0.4, -0.2) is 46.0 Å². The number of halogens is 2. The van der Waals surface area contributed by atoms with Gasteiger partial charge in [-0.2, -0.15) is 0 Å². The number of likely N-dealkylation sites (N-methyl/N-ethyl adjacent to an activating group) is 1. The molecule has 0 heterocycles. The van der Waals surface area contributed by atoms with Gasteiger partial charge in [0.2, 0.25) is 0 Å². The Balaban J connectivity index is 3.13. The molecular weight excluding hydrogens is 337 g/mol. The Bertz CT molecular complexity index is 631. The summed E-state index contributed by atoms with van der Waals surface area (Å²) in [6, 6.07) is 2.66. The van der Waals surface area contributed by atoms with Crippen LogP contribution in [0.4, 0.5) is 0 Å². The third-order valence-electron chi connectivity index (χ3n) is 2.94. The average Bonchev–Trinajstić information content (AvgIpc) is 2.39. The molecule has 0 atom stereocenters. The van der Waals surface area contributed by atoms with E-state index in [1.807, 2.05) is 6.92 Å². The molecule has 0 bridgehead atoms. The lowest BCUT2D eigenvalue weighted by atomic mass is 10.1. The van der Waals surface area contributed by atoms with Gasteiger partial charge in [0.15, 0.2) is 0 Å². The molecule has 1 aromatic rings. The Morgan fingerprint density at radius 1 is 1.38 bits per heavy atom. The van der Waals surface area contributed by atoms with Crippen molar-refractivity contribution < 1.29 is 17.9 Å². The highest BCUT2D eigenvalue weighted by Gasteiger charge is 2.22. The third kappa shape index (κ3) is 4.85. The smallest absolute Gasteiger partial charge is 0.261 e. The largest absolute Gasteiger partial charge is 0.380 e. The van der Waals surface area contributed by atoms with Gasteiger partial charge in [0.25, 0.3) is 15.0 Å². The van der Waals surface area contributed by atoms with Crippen molar-refractivity contribution >= 4 is 37.2 Å². The first-order chi connectivity index (χ1) is 9.68. The summed E-state index contributed by atoms with van der Waals surface area (Å²) in [6.07, 6.45) is 0. The molecule has 5 nitrogen and oxygen atoms in total.